The highest BCUT2D eigenvalue weighted by Crippen LogP contribution is 2.48. The second-order valence-corrected chi connectivity index (χ2v) is 10.7. The first-order chi connectivity index (χ1) is 19.6. The van der Waals surface area contributed by atoms with Gasteiger partial charge in [-0.3, -0.25) is 0 Å². The minimum absolute atomic E-state index is 0.000420. The molecule has 0 saturated carbocycles. The zero-order chi connectivity index (χ0) is 30.0. The molecule has 0 radical (unpaired) electrons. The highest BCUT2D eigenvalue weighted by atomic mass is 19.3. The summed E-state index contributed by atoms with van der Waals surface area (Å²) in [5, 5.41) is 0. The van der Waals surface area contributed by atoms with Crippen molar-refractivity contribution in [3.05, 3.63) is 46.9 Å². The fourth-order valence-corrected chi connectivity index (χ4v) is 5.19. The van der Waals surface area contributed by atoms with E-state index in [-0.39, 0.29) is 36.9 Å². The fourth-order valence-electron chi connectivity index (χ4n) is 5.19. The molecule has 1 aliphatic rings. The number of unbranched alkanes of at least 4 members (excludes halogenated alkanes) is 4. The van der Waals surface area contributed by atoms with E-state index in [0.29, 0.717) is 26.1 Å². The summed E-state index contributed by atoms with van der Waals surface area (Å²) < 4.78 is 113. The van der Waals surface area contributed by atoms with E-state index in [2.05, 4.69) is 11.9 Å². The van der Waals surface area contributed by atoms with Gasteiger partial charge in [-0.2, -0.15) is 8.78 Å². The van der Waals surface area contributed by atoms with Crippen LogP contribution < -0.4 is 4.74 Å². The number of ether oxygens (including phenoxy) is 2. The van der Waals surface area contributed by atoms with Gasteiger partial charge in [0.2, 0.25) is 11.8 Å². The van der Waals surface area contributed by atoms with Crippen molar-refractivity contribution in [2.75, 3.05) is 19.8 Å². The van der Waals surface area contributed by atoms with Crippen molar-refractivity contribution >= 4 is 0 Å². The van der Waals surface area contributed by atoms with Crippen molar-refractivity contribution in [3.8, 4) is 17.0 Å². The Morgan fingerprint density at radius 1 is 0.927 bits per heavy atom. The molecule has 230 valence electrons. The van der Waals surface area contributed by atoms with Crippen molar-refractivity contribution in [3.63, 3.8) is 0 Å². The van der Waals surface area contributed by atoms with Gasteiger partial charge in [-0.05, 0) is 62.3 Å². The Bertz CT molecular complexity index is 1110. The summed E-state index contributed by atoms with van der Waals surface area (Å²) in [5.74, 6) is -9.50. The summed E-state index contributed by atoms with van der Waals surface area (Å²) in [6, 6.07) is 3.20. The average molecular weight is 592 g/mol. The van der Waals surface area contributed by atoms with E-state index in [1.165, 1.54) is 0 Å². The number of pyridine rings is 1. The summed E-state index contributed by atoms with van der Waals surface area (Å²) in [4.78, 5) is 3.57. The third-order valence-electron chi connectivity index (χ3n) is 7.58. The first kappa shape index (κ1) is 33.1. The van der Waals surface area contributed by atoms with Gasteiger partial charge in [-0.1, -0.05) is 46.0 Å². The zero-order valence-electron chi connectivity index (χ0n) is 23.8. The fraction of sp³-hybridized carbons (Fsp3) is 0.645. The van der Waals surface area contributed by atoms with Crippen LogP contribution in [0.15, 0.2) is 18.2 Å². The lowest BCUT2D eigenvalue weighted by molar-refractivity contribution is -0.0825. The van der Waals surface area contributed by atoms with Gasteiger partial charge in [0, 0.05) is 24.7 Å². The summed E-state index contributed by atoms with van der Waals surface area (Å²) in [6.45, 7) is 4.27. The molecular weight excluding hydrogens is 551 g/mol. The number of hydrogen-bond donors (Lipinski definition) is 0. The van der Waals surface area contributed by atoms with Gasteiger partial charge < -0.3 is 9.47 Å². The highest BCUT2D eigenvalue weighted by molar-refractivity contribution is 5.63. The Labute approximate surface area is 237 Å². The first-order valence-electron chi connectivity index (χ1n) is 14.7. The maximum absolute atomic E-state index is 15.3. The molecular formula is C31H40F7NO2. The van der Waals surface area contributed by atoms with Crippen molar-refractivity contribution in [1.29, 1.82) is 0 Å². The van der Waals surface area contributed by atoms with E-state index in [9.17, 15) is 17.6 Å². The van der Waals surface area contributed by atoms with E-state index in [4.69, 9.17) is 9.47 Å². The van der Waals surface area contributed by atoms with Crippen LogP contribution in [0.4, 0.5) is 30.7 Å². The van der Waals surface area contributed by atoms with E-state index in [0.717, 1.165) is 50.3 Å². The van der Waals surface area contributed by atoms with Crippen LogP contribution in [-0.4, -0.2) is 37.1 Å². The Morgan fingerprint density at radius 2 is 1.66 bits per heavy atom. The monoisotopic (exact) mass is 591 g/mol. The van der Waals surface area contributed by atoms with Crippen LogP contribution in [-0.2, 0) is 17.1 Å². The molecule has 2 aromatic rings. The predicted molar refractivity (Wildman–Crippen MR) is 144 cm³/mol. The third kappa shape index (κ3) is 8.58. The van der Waals surface area contributed by atoms with Crippen molar-refractivity contribution in [2.45, 2.75) is 103 Å². The van der Waals surface area contributed by atoms with Gasteiger partial charge in [0.15, 0.2) is 17.7 Å². The Kier molecular flexibility index (Phi) is 12.7. The molecule has 0 spiro atoms. The SMILES string of the molecule is CCCCCOCCCCCC1CCc2cc(-c3ccc(OCC(F)C(F)CCC)c(F)c3F)nc(F)c2C1(F)F. The number of nitrogens with zero attached hydrogens (tertiary/aromatic N) is 1. The molecule has 1 aromatic heterocycles. The van der Waals surface area contributed by atoms with Gasteiger partial charge in [-0.15, -0.1) is 0 Å². The number of benzene rings is 1. The van der Waals surface area contributed by atoms with Crippen LogP contribution in [0.2, 0.25) is 0 Å². The summed E-state index contributed by atoms with van der Waals surface area (Å²) in [6.07, 6.45) is 2.36. The molecule has 3 rings (SSSR count). The standard InChI is InChI=1S/C31H40F7NO2/c1-3-5-8-16-40-17-9-6-7-11-21-13-12-20-18-25(39-30(36)27(20)31(21,37)38)22-14-15-26(29(35)28(22)34)41-19-24(33)23(32)10-4-2/h14-15,18,21,23-24H,3-13,16-17,19H2,1-2H3. The molecule has 1 heterocycles. The van der Waals surface area contributed by atoms with Gasteiger partial charge in [-0.25, -0.2) is 26.9 Å². The largest absolute Gasteiger partial charge is 0.487 e. The molecule has 3 nitrogen and oxygen atoms in total. The lowest BCUT2D eigenvalue weighted by Crippen LogP contribution is -2.33. The lowest BCUT2D eigenvalue weighted by atomic mass is 9.78. The van der Waals surface area contributed by atoms with E-state index in [1.807, 2.05) is 0 Å². The highest BCUT2D eigenvalue weighted by Gasteiger charge is 2.48. The number of aromatic nitrogens is 1. The molecule has 41 heavy (non-hydrogen) atoms. The van der Waals surface area contributed by atoms with Gasteiger partial charge in [0.05, 0.1) is 11.3 Å². The van der Waals surface area contributed by atoms with E-state index < -0.39 is 65.2 Å². The first-order valence-corrected chi connectivity index (χ1v) is 14.7. The van der Waals surface area contributed by atoms with Gasteiger partial charge >= 0.3 is 0 Å². The smallest absolute Gasteiger partial charge is 0.280 e. The van der Waals surface area contributed by atoms with Crippen LogP contribution in [0.5, 0.6) is 5.75 Å². The van der Waals surface area contributed by atoms with Gasteiger partial charge in [0.25, 0.3) is 5.92 Å². The zero-order valence-corrected chi connectivity index (χ0v) is 23.8. The number of alkyl halides is 4. The molecule has 1 aliphatic carbocycles. The molecule has 0 amide bonds. The number of hydrogen-bond acceptors (Lipinski definition) is 3. The Balaban J connectivity index is 1.65. The van der Waals surface area contributed by atoms with Crippen LogP contribution in [0.25, 0.3) is 11.3 Å². The number of rotatable bonds is 17. The second kappa shape index (κ2) is 15.8. The molecule has 3 atom stereocenters. The number of fused-ring (bicyclic) bond motifs is 1. The van der Waals surface area contributed by atoms with Crippen molar-refractivity contribution in [2.24, 2.45) is 5.92 Å². The lowest BCUT2D eigenvalue weighted by Gasteiger charge is -2.33. The van der Waals surface area contributed by atoms with Crippen LogP contribution in [0.3, 0.4) is 0 Å². The van der Waals surface area contributed by atoms with Crippen molar-refractivity contribution < 1.29 is 40.2 Å². The summed E-state index contributed by atoms with van der Waals surface area (Å²) in [5.41, 5.74) is -1.59. The molecule has 1 aromatic carbocycles. The Hall–Kier alpha value is -2.36. The topological polar surface area (TPSA) is 31.4 Å². The quantitative estimate of drug-likeness (QED) is 0.104. The second-order valence-electron chi connectivity index (χ2n) is 10.7. The normalized spacial score (nSPS) is 17.7. The molecule has 0 saturated heterocycles. The summed E-state index contributed by atoms with van der Waals surface area (Å²) in [7, 11) is 0. The van der Waals surface area contributed by atoms with Crippen LogP contribution in [0.1, 0.15) is 89.2 Å². The molecule has 0 fully saturated rings. The average Bonchev–Trinajstić information content (AvgIpc) is 2.93. The van der Waals surface area contributed by atoms with E-state index >= 15 is 13.2 Å². The number of aryl methyl sites for hydroxylation is 1. The summed E-state index contributed by atoms with van der Waals surface area (Å²) >= 11 is 0. The molecule has 0 bridgehead atoms. The van der Waals surface area contributed by atoms with Crippen LogP contribution >= 0.6 is 0 Å². The van der Waals surface area contributed by atoms with Crippen LogP contribution in [0, 0.1) is 23.5 Å². The Morgan fingerprint density at radius 3 is 2.37 bits per heavy atom. The maximum atomic E-state index is 15.3. The minimum Gasteiger partial charge on any atom is -0.487 e. The van der Waals surface area contributed by atoms with Gasteiger partial charge in [0.1, 0.15) is 12.8 Å². The van der Waals surface area contributed by atoms with E-state index in [1.54, 1.807) is 6.92 Å². The molecule has 0 N–H and O–H groups in total. The number of halogens is 7. The maximum Gasteiger partial charge on any atom is 0.280 e. The van der Waals surface area contributed by atoms with Crippen molar-refractivity contribution in [1.82, 2.24) is 4.98 Å². The predicted octanol–water partition coefficient (Wildman–Crippen LogP) is 9.44. The third-order valence-corrected chi connectivity index (χ3v) is 7.58. The molecule has 0 aliphatic heterocycles. The molecule has 3 unspecified atom stereocenters. The minimum atomic E-state index is -3.45. The molecule has 10 heteroatoms.